The lowest BCUT2D eigenvalue weighted by atomic mass is 9.87. The van der Waals surface area contributed by atoms with Crippen molar-refractivity contribution in [2.45, 2.75) is 32.1 Å². The molecule has 0 spiro atoms. The van der Waals surface area contributed by atoms with E-state index in [0.717, 1.165) is 34.6 Å². The third-order valence-electron chi connectivity index (χ3n) is 3.59. The molecule has 94 valence electrons. The van der Waals surface area contributed by atoms with Crippen LogP contribution in [0.4, 0.5) is 5.82 Å². The third kappa shape index (κ3) is 1.65. The number of rotatable bonds is 1. The highest BCUT2D eigenvalue weighted by molar-refractivity contribution is 9.10. The van der Waals surface area contributed by atoms with Gasteiger partial charge in [0.2, 0.25) is 0 Å². The number of nitrogens with two attached hydrogens (primary N) is 1. The largest absolute Gasteiger partial charge is 0.383 e. The van der Waals surface area contributed by atoms with Crippen molar-refractivity contribution >= 4 is 21.7 Å². The third-order valence-corrected chi connectivity index (χ3v) is 4.06. The first-order chi connectivity index (χ1) is 8.49. The van der Waals surface area contributed by atoms with E-state index in [1.54, 1.807) is 10.9 Å². The van der Waals surface area contributed by atoms with E-state index in [1.807, 2.05) is 12.1 Å². The molecule has 0 saturated carbocycles. The summed E-state index contributed by atoms with van der Waals surface area (Å²) in [5.41, 5.74) is 8.67. The van der Waals surface area contributed by atoms with E-state index in [2.05, 4.69) is 39.9 Å². The van der Waals surface area contributed by atoms with E-state index in [9.17, 15) is 0 Å². The van der Waals surface area contributed by atoms with Gasteiger partial charge < -0.3 is 5.73 Å². The van der Waals surface area contributed by atoms with Gasteiger partial charge in [-0.2, -0.15) is 9.78 Å². The van der Waals surface area contributed by atoms with Crippen LogP contribution in [0.2, 0.25) is 0 Å². The Hall–Kier alpha value is -1.36. The minimum absolute atomic E-state index is 0.118. The number of hydrogen-bond acceptors (Lipinski definition) is 3. The Kier molecular flexibility index (Phi) is 2.48. The Balaban J connectivity index is 2.13. The number of pyridine rings is 1. The quantitative estimate of drug-likeness (QED) is 0.881. The van der Waals surface area contributed by atoms with Gasteiger partial charge in [-0.15, -0.1) is 0 Å². The van der Waals surface area contributed by atoms with E-state index in [0.29, 0.717) is 0 Å². The molecule has 2 heterocycles. The second-order valence-electron chi connectivity index (χ2n) is 5.34. The van der Waals surface area contributed by atoms with Gasteiger partial charge in [-0.1, -0.05) is 13.8 Å². The van der Waals surface area contributed by atoms with Crippen LogP contribution >= 0.6 is 15.9 Å². The molecule has 0 radical (unpaired) electrons. The van der Waals surface area contributed by atoms with Gasteiger partial charge in [0.05, 0.1) is 5.69 Å². The summed E-state index contributed by atoms with van der Waals surface area (Å²) in [6, 6.07) is 3.86. The minimum Gasteiger partial charge on any atom is -0.383 e. The van der Waals surface area contributed by atoms with Crippen molar-refractivity contribution in [3.8, 4) is 5.82 Å². The maximum Gasteiger partial charge on any atom is 0.155 e. The molecule has 1 aliphatic rings. The second kappa shape index (κ2) is 3.82. The highest BCUT2D eigenvalue weighted by Gasteiger charge is 2.36. The molecule has 1 aliphatic carbocycles. The predicted octanol–water partition coefficient (Wildman–Crippen LogP) is 2.84. The number of aromatic nitrogens is 3. The van der Waals surface area contributed by atoms with Crippen molar-refractivity contribution in [1.29, 1.82) is 0 Å². The van der Waals surface area contributed by atoms with Crippen molar-refractivity contribution < 1.29 is 0 Å². The second-order valence-corrected chi connectivity index (χ2v) is 6.25. The Bertz CT molecular complexity index is 598. The number of aryl methyl sites for hydroxylation is 1. The summed E-state index contributed by atoms with van der Waals surface area (Å²) >= 11 is 3.38. The molecule has 0 fully saturated rings. The van der Waals surface area contributed by atoms with Crippen LogP contribution in [-0.2, 0) is 11.8 Å². The van der Waals surface area contributed by atoms with Crippen LogP contribution in [0.15, 0.2) is 22.8 Å². The molecule has 2 aromatic heterocycles. The average molecular weight is 307 g/mol. The topological polar surface area (TPSA) is 56.7 Å². The highest BCUT2D eigenvalue weighted by atomic mass is 79.9. The maximum atomic E-state index is 6.25. The van der Waals surface area contributed by atoms with Crippen LogP contribution in [0.1, 0.15) is 31.5 Å². The molecule has 4 nitrogen and oxygen atoms in total. The molecule has 0 bridgehead atoms. The Morgan fingerprint density at radius 2 is 2.17 bits per heavy atom. The van der Waals surface area contributed by atoms with Crippen LogP contribution in [0.25, 0.3) is 5.82 Å². The molecule has 0 aliphatic heterocycles. The molecular formula is C13H15BrN4. The summed E-state index contributed by atoms with van der Waals surface area (Å²) in [5, 5.41) is 4.60. The van der Waals surface area contributed by atoms with Crippen molar-refractivity contribution in [2.24, 2.45) is 0 Å². The summed E-state index contributed by atoms with van der Waals surface area (Å²) in [5.74, 6) is 1.49. The number of nitrogen functional groups attached to an aromatic ring is 1. The van der Waals surface area contributed by atoms with E-state index in [4.69, 9.17) is 5.73 Å². The lowest BCUT2D eigenvalue weighted by molar-refractivity contribution is 0.519. The summed E-state index contributed by atoms with van der Waals surface area (Å²) in [6.45, 7) is 4.44. The molecule has 0 atom stereocenters. The predicted molar refractivity (Wildman–Crippen MR) is 74.8 cm³/mol. The number of hydrogen-bond donors (Lipinski definition) is 1. The smallest absolute Gasteiger partial charge is 0.155 e. The van der Waals surface area contributed by atoms with Crippen LogP contribution in [-0.4, -0.2) is 14.8 Å². The van der Waals surface area contributed by atoms with Crippen LogP contribution in [0, 0.1) is 0 Å². The van der Waals surface area contributed by atoms with Gasteiger partial charge >= 0.3 is 0 Å². The fraction of sp³-hybridized carbons (Fsp3) is 0.385. The van der Waals surface area contributed by atoms with Gasteiger partial charge in [0.25, 0.3) is 0 Å². The molecule has 18 heavy (non-hydrogen) atoms. The number of nitrogens with zero attached hydrogens (tertiary/aromatic N) is 3. The number of halogens is 1. The average Bonchev–Trinajstić information content (AvgIpc) is 2.80. The van der Waals surface area contributed by atoms with Gasteiger partial charge in [0.15, 0.2) is 5.82 Å². The molecule has 2 N–H and O–H groups in total. The number of fused-ring (bicyclic) bond motifs is 1. The lowest BCUT2D eigenvalue weighted by Gasteiger charge is -2.18. The van der Waals surface area contributed by atoms with Gasteiger partial charge in [-0.25, -0.2) is 4.98 Å². The SMILES string of the molecule is CC1(C)CCc2nn(-c3ccc(Br)cn3)c(N)c21. The van der Waals surface area contributed by atoms with Crippen molar-refractivity contribution in [1.82, 2.24) is 14.8 Å². The molecule has 0 amide bonds. The fourth-order valence-corrected chi connectivity index (χ4v) is 2.85. The van der Waals surface area contributed by atoms with Crippen LogP contribution in [0.5, 0.6) is 0 Å². The molecule has 0 saturated heterocycles. The first kappa shape index (κ1) is 11.7. The van der Waals surface area contributed by atoms with E-state index >= 15 is 0 Å². The first-order valence-corrected chi connectivity index (χ1v) is 6.78. The van der Waals surface area contributed by atoms with Gasteiger partial charge in [0, 0.05) is 16.2 Å². The summed E-state index contributed by atoms with van der Waals surface area (Å²) in [7, 11) is 0. The molecule has 2 aromatic rings. The van der Waals surface area contributed by atoms with Gasteiger partial charge in [0.1, 0.15) is 5.82 Å². The fourth-order valence-electron chi connectivity index (χ4n) is 2.61. The monoisotopic (exact) mass is 306 g/mol. The maximum absolute atomic E-state index is 6.25. The molecule has 5 heteroatoms. The van der Waals surface area contributed by atoms with Gasteiger partial charge in [-0.3, -0.25) is 0 Å². The zero-order chi connectivity index (χ0) is 12.9. The van der Waals surface area contributed by atoms with E-state index in [1.165, 1.54) is 5.56 Å². The number of anilines is 1. The van der Waals surface area contributed by atoms with Crippen molar-refractivity contribution in [3.05, 3.63) is 34.1 Å². The normalized spacial score (nSPS) is 16.8. The van der Waals surface area contributed by atoms with Crippen molar-refractivity contribution in [3.63, 3.8) is 0 Å². The zero-order valence-corrected chi connectivity index (χ0v) is 12.0. The molecule has 0 aromatic carbocycles. The van der Waals surface area contributed by atoms with Crippen LogP contribution in [0.3, 0.4) is 0 Å². The Morgan fingerprint density at radius 1 is 1.39 bits per heavy atom. The van der Waals surface area contributed by atoms with Gasteiger partial charge in [-0.05, 0) is 46.3 Å². The standard InChI is InChI=1S/C13H15BrN4/c1-13(2)6-5-9-11(13)12(15)18(17-9)10-4-3-8(14)7-16-10/h3-4,7H,5-6,15H2,1-2H3. The molecular weight excluding hydrogens is 292 g/mol. The first-order valence-electron chi connectivity index (χ1n) is 5.99. The summed E-state index contributed by atoms with van der Waals surface area (Å²) < 4.78 is 2.70. The Labute approximate surface area is 114 Å². The minimum atomic E-state index is 0.118. The van der Waals surface area contributed by atoms with Crippen molar-refractivity contribution in [2.75, 3.05) is 5.73 Å². The Morgan fingerprint density at radius 3 is 2.78 bits per heavy atom. The summed E-state index contributed by atoms with van der Waals surface area (Å²) in [6.07, 6.45) is 3.87. The summed E-state index contributed by atoms with van der Waals surface area (Å²) in [4.78, 5) is 4.34. The highest BCUT2D eigenvalue weighted by Crippen LogP contribution is 2.41. The zero-order valence-electron chi connectivity index (χ0n) is 10.4. The van der Waals surface area contributed by atoms with E-state index < -0.39 is 0 Å². The van der Waals surface area contributed by atoms with E-state index in [-0.39, 0.29) is 5.41 Å². The lowest BCUT2D eigenvalue weighted by Crippen LogP contribution is -2.15. The molecule has 3 rings (SSSR count). The van der Waals surface area contributed by atoms with Crippen LogP contribution < -0.4 is 5.73 Å². The molecule has 0 unspecified atom stereocenters.